The van der Waals surface area contributed by atoms with Gasteiger partial charge in [0.1, 0.15) is 11.5 Å². The number of hydrogen-bond donors (Lipinski definition) is 0. The van der Waals surface area contributed by atoms with Crippen LogP contribution in [0.4, 0.5) is 13.2 Å². The molecule has 170 valence electrons. The summed E-state index contributed by atoms with van der Waals surface area (Å²) in [6, 6.07) is 18.7. The lowest BCUT2D eigenvalue weighted by molar-refractivity contribution is -0.274. The van der Waals surface area contributed by atoms with E-state index in [1.165, 1.54) is 18.2 Å². The number of fused-ring (bicyclic) bond motifs is 1. The third kappa shape index (κ3) is 4.72. The summed E-state index contributed by atoms with van der Waals surface area (Å²) in [6.07, 6.45) is -4.81. The summed E-state index contributed by atoms with van der Waals surface area (Å²) in [4.78, 5) is 13.4. The molecule has 0 spiro atoms. The van der Waals surface area contributed by atoms with Crippen molar-refractivity contribution in [1.82, 2.24) is 4.57 Å². The van der Waals surface area contributed by atoms with Crippen molar-refractivity contribution < 1.29 is 27.4 Å². The second kappa shape index (κ2) is 8.65. The Morgan fingerprint density at radius 3 is 2.27 bits per heavy atom. The first-order valence-electron chi connectivity index (χ1n) is 10.3. The van der Waals surface area contributed by atoms with E-state index in [9.17, 15) is 18.0 Å². The number of halogens is 3. The first kappa shape index (κ1) is 22.5. The lowest BCUT2D eigenvalue weighted by atomic mass is 10.0. The molecule has 0 saturated carbocycles. The molecule has 0 amide bonds. The van der Waals surface area contributed by atoms with Crippen LogP contribution in [0.1, 0.15) is 32.7 Å². The molecule has 33 heavy (non-hydrogen) atoms. The van der Waals surface area contributed by atoms with Gasteiger partial charge >= 0.3 is 6.36 Å². The number of ketones is 1. The molecule has 4 nitrogen and oxygen atoms in total. The summed E-state index contributed by atoms with van der Waals surface area (Å²) in [5.41, 5.74) is 4.10. The van der Waals surface area contributed by atoms with Gasteiger partial charge in [0.05, 0.1) is 18.2 Å². The van der Waals surface area contributed by atoms with Crippen molar-refractivity contribution in [2.45, 2.75) is 26.8 Å². The highest BCUT2D eigenvalue weighted by molar-refractivity contribution is 6.17. The van der Waals surface area contributed by atoms with Crippen LogP contribution in [0.15, 0.2) is 66.7 Å². The van der Waals surface area contributed by atoms with Crippen molar-refractivity contribution in [2.75, 3.05) is 7.11 Å². The van der Waals surface area contributed by atoms with Crippen LogP contribution >= 0.6 is 0 Å². The van der Waals surface area contributed by atoms with Gasteiger partial charge in [-0.25, -0.2) is 0 Å². The lowest BCUT2D eigenvalue weighted by Crippen LogP contribution is -2.17. The lowest BCUT2D eigenvalue weighted by Gasteiger charge is -2.12. The number of alkyl halides is 3. The van der Waals surface area contributed by atoms with Crippen molar-refractivity contribution in [3.63, 3.8) is 0 Å². The average molecular weight is 453 g/mol. The fourth-order valence-corrected chi connectivity index (χ4v) is 4.02. The van der Waals surface area contributed by atoms with E-state index in [4.69, 9.17) is 4.74 Å². The Morgan fingerprint density at radius 2 is 1.64 bits per heavy atom. The number of hydrogen-bond acceptors (Lipinski definition) is 3. The van der Waals surface area contributed by atoms with Crippen molar-refractivity contribution in [3.05, 3.63) is 94.7 Å². The predicted molar refractivity (Wildman–Crippen MR) is 120 cm³/mol. The van der Waals surface area contributed by atoms with Gasteiger partial charge in [0.2, 0.25) is 0 Å². The van der Waals surface area contributed by atoms with E-state index < -0.39 is 6.36 Å². The number of ether oxygens (including phenoxy) is 2. The summed E-state index contributed by atoms with van der Waals surface area (Å²) in [7, 11) is 1.54. The molecule has 3 aromatic carbocycles. The summed E-state index contributed by atoms with van der Waals surface area (Å²) < 4.78 is 49.7. The molecule has 0 bridgehead atoms. The molecule has 0 aliphatic carbocycles. The zero-order chi connectivity index (χ0) is 23.8. The van der Waals surface area contributed by atoms with Gasteiger partial charge in [-0.05, 0) is 55.8 Å². The fourth-order valence-electron chi connectivity index (χ4n) is 4.02. The SMILES string of the molecule is COc1ccc(C(=O)c2c(C)n(Cc3cccc(C)c3)c3cc(OC(F)(F)F)ccc23)cc1. The number of carbonyl (C=O) groups is 1. The highest BCUT2D eigenvalue weighted by Crippen LogP contribution is 2.33. The van der Waals surface area contributed by atoms with Crippen LogP contribution in [0.25, 0.3) is 10.9 Å². The Kier molecular flexibility index (Phi) is 5.89. The van der Waals surface area contributed by atoms with Gasteiger partial charge in [0.15, 0.2) is 5.78 Å². The van der Waals surface area contributed by atoms with Crippen molar-refractivity contribution >= 4 is 16.7 Å². The number of benzene rings is 3. The molecule has 4 aromatic rings. The molecule has 1 heterocycles. The van der Waals surface area contributed by atoms with Gasteiger partial charge in [-0.3, -0.25) is 4.79 Å². The van der Waals surface area contributed by atoms with Crippen LogP contribution < -0.4 is 9.47 Å². The Balaban J connectivity index is 1.87. The van der Waals surface area contributed by atoms with Gasteiger partial charge < -0.3 is 14.0 Å². The molecular formula is C26H22F3NO3. The summed E-state index contributed by atoms with van der Waals surface area (Å²) >= 11 is 0. The standard InChI is InChI=1S/C26H22F3NO3/c1-16-5-4-6-18(13-16)15-30-17(2)24(25(31)19-7-9-20(32-3)10-8-19)22-12-11-21(14-23(22)30)33-26(27,28)29/h4-14H,15H2,1-3H3. The Hall–Kier alpha value is -3.74. The molecule has 0 unspecified atom stereocenters. The van der Waals surface area contributed by atoms with E-state index in [1.807, 2.05) is 35.8 Å². The highest BCUT2D eigenvalue weighted by atomic mass is 19.4. The van der Waals surface area contributed by atoms with E-state index in [0.29, 0.717) is 40.0 Å². The van der Waals surface area contributed by atoms with E-state index >= 15 is 0 Å². The second-order valence-corrected chi connectivity index (χ2v) is 7.82. The maximum Gasteiger partial charge on any atom is 0.573 e. The monoisotopic (exact) mass is 453 g/mol. The topological polar surface area (TPSA) is 40.5 Å². The van der Waals surface area contributed by atoms with E-state index in [0.717, 1.165) is 11.1 Å². The molecule has 0 fully saturated rings. The van der Waals surface area contributed by atoms with Gasteiger partial charge in [0.25, 0.3) is 0 Å². The van der Waals surface area contributed by atoms with Crippen LogP contribution in [0, 0.1) is 13.8 Å². The molecule has 1 aromatic heterocycles. The molecule has 4 rings (SSSR count). The molecule has 0 aliphatic rings. The largest absolute Gasteiger partial charge is 0.573 e. The minimum Gasteiger partial charge on any atom is -0.497 e. The van der Waals surface area contributed by atoms with Crippen LogP contribution in [0.2, 0.25) is 0 Å². The molecule has 0 N–H and O–H groups in total. The Bertz CT molecular complexity index is 1320. The van der Waals surface area contributed by atoms with Crippen molar-refractivity contribution in [1.29, 1.82) is 0 Å². The van der Waals surface area contributed by atoms with Gasteiger partial charge in [-0.1, -0.05) is 29.8 Å². The molecule has 0 saturated heterocycles. The molecule has 7 heteroatoms. The Labute approximate surface area is 189 Å². The molecular weight excluding hydrogens is 431 g/mol. The normalized spacial score (nSPS) is 11.6. The number of carbonyl (C=O) groups excluding carboxylic acids is 1. The van der Waals surface area contributed by atoms with E-state index in [2.05, 4.69) is 4.74 Å². The first-order valence-corrected chi connectivity index (χ1v) is 10.3. The summed E-state index contributed by atoms with van der Waals surface area (Å²) in [5.74, 6) is 0.0770. The second-order valence-electron chi connectivity index (χ2n) is 7.82. The minimum absolute atomic E-state index is 0.215. The first-order chi connectivity index (χ1) is 15.7. The van der Waals surface area contributed by atoms with Gasteiger partial charge in [-0.2, -0.15) is 0 Å². The van der Waals surface area contributed by atoms with Crippen molar-refractivity contribution in [2.24, 2.45) is 0 Å². The van der Waals surface area contributed by atoms with E-state index in [1.54, 1.807) is 38.3 Å². The maximum absolute atomic E-state index is 13.4. The quantitative estimate of drug-likeness (QED) is 0.315. The fraction of sp³-hybridized carbons (Fsp3) is 0.192. The van der Waals surface area contributed by atoms with Gasteiger partial charge in [-0.15, -0.1) is 13.2 Å². The van der Waals surface area contributed by atoms with Crippen LogP contribution in [-0.2, 0) is 6.54 Å². The smallest absolute Gasteiger partial charge is 0.497 e. The summed E-state index contributed by atoms with van der Waals surface area (Å²) in [5, 5.41) is 0.565. The molecule has 0 aliphatic heterocycles. The zero-order valence-electron chi connectivity index (χ0n) is 18.4. The van der Waals surface area contributed by atoms with Crippen LogP contribution in [0.3, 0.4) is 0 Å². The highest BCUT2D eigenvalue weighted by Gasteiger charge is 2.31. The third-order valence-electron chi connectivity index (χ3n) is 5.53. The van der Waals surface area contributed by atoms with Crippen LogP contribution in [-0.4, -0.2) is 23.8 Å². The zero-order valence-corrected chi connectivity index (χ0v) is 18.4. The van der Waals surface area contributed by atoms with E-state index in [-0.39, 0.29) is 11.5 Å². The molecule has 0 radical (unpaired) electrons. The number of methoxy groups -OCH3 is 1. The number of aromatic nitrogens is 1. The predicted octanol–water partition coefficient (Wildman–Crippen LogP) is 6.44. The maximum atomic E-state index is 13.4. The average Bonchev–Trinajstić information content (AvgIpc) is 3.03. The third-order valence-corrected chi connectivity index (χ3v) is 5.53. The number of aryl methyl sites for hydroxylation is 1. The number of nitrogens with zero attached hydrogens (tertiary/aromatic N) is 1. The van der Waals surface area contributed by atoms with Gasteiger partial charge in [0, 0.05) is 29.3 Å². The minimum atomic E-state index is -4.81. The molecule has 0 atom stereocenters. The number of rotatable bonds is 6. The van der Waals surface area contributed by atoms with Crippen molar-refractivity contribution in [3.8, 4) is 11.5 Å². The van der Waals surface area contributed by atoms with Crippen LogP contribution in [0.5, 0.6) is 11.5 Å². The summed E-state index contributed by atoms with van der Waals surface area (Å²) in [6.45, 7) is 4.17. The Morgan fingerprint density at radius 1 is 0.939 bits per heavy atom.